The molecule has 4 heterocycles. The summed E-state index contributed by atoms with van der Waals surface area (Å²) in [6.45, 7) is 1.75. The second-order valence-electron chi connectivity index (χ2n) is 5.81. The number of carbonyl (C=O) groups is 2. The zero-order chi connectivity index (χ0) is 19.5. The molecule has 4 aromatic rings. The van der Waals surface area contributed by atoms with Crippen molar-refractivity contribution in [2.45, 2.75) is 6.92 Å². The average molecular weight is 390 g/mol. The van der Waals surface area contributed by atoms with E-state index in [0.29, 0.717) is 38.4 Å². The molecule has 138 valence electrons. The van der Waals surface area contributed by atoms with Crippen LogP contribution in [0.1, 0.15) is 31.4 Å². The van der Waals surface area contributed by atoms with Gasteiger partial charge in [-0.1, -0.05) is 17.4 Å². The highest BCUT2D eigenvalue weighted by molar-refractivity contribution is 7.18. The van der Waals surface area contributed by atoms with Crippen molar-refractivity contribution in [3.05, 3.63) is 82.9 Å². The summed E-state index contributed by atoms with van der Waals surface area (Å²) in [6.07, 6.45) is 4.67. The Morgan fingerprint density at radius 2 is 1.89 bits per heavy atom. The SMILES string of the molecule is Cc1ncccc1C(=O)Nc1nc(-c2ccco2)c(C(=O)c2ccccn2)s1. The molecule has 0 aliphatic heterocycles. The number of furan rings is 1. The van der Waals surface area contributed by atoms with Gasteiger partial charge in [0.15, 0.2) is 10.9 Å². The molecule has 0 unspecified atom stereocenters. The Hall–Kier alpha value is -3.65. The topological polar surface area (TPSA) is 98.0 Å². The summed E-state index contributed by atoms with van der Waals surface area (Å²) in [6, 6.07) is 11.9. The predicted octanol–water partition coefficient (Wildman–Crippen LogP) is 3.98. The minimum atomic E-state index is -0.345. The monoisotopic (exact) mass is 390 g/mol. The molecule has 1 N–H and O–H groups in total. The highest BCUT2D eigenvalue weighted by Crippen LogP contribution is 2.33. The van der Waals surface area contributed by atoms with Crippen LogP contribution in [0.3, 0.4) is 0 Å². The van der Waals surface area contributed by atoms with Gasteiger partial charge in [0.1, 0.15) is 16.3 Å². The number of amides is 1. The number of hydrogen-bond donors (Lipinski definition) is 1. The van der Waals surface area contributed by atoms with Crippen molar-refractivity contribution in [3.63, 3.8) is 0 Å². The van der Waals surface area contributed by atoms with Crippen LogP contribution in [-0.4, -0.2) is 26.6 Å². The highest BCUT2D eigenvalue weighted by atomic mass is 32.1. The number of carbonyl (C=O) groups excluding carboxylic acids is 2. The van der Waals surface area contributed by atoms with Crippen LogP contribution >= 0.6 is 11.3 Å². The van der Waals surface area contributed by atoms with Crippen molar-refractivity contribution in [1.82, 2.24) is 15.0 Å². The Bertz CT molecular complexity index is 1140. The summed E-state index contributed by atoms with van der Waals surface area (Å²) in [7, 11) is 0. The number of hydrogen-bond acceptors (Lipinski definition) is 7. The molecular formula is C20H14N4O3S. The first-order valence-electron chi connectivity index (χ1n) is 8.37. The van der Waals surface area contributed by atoms with Gasteiger partial charge in [0, 0.05) is 18.1 Å². The van der Waals surface area contributed by atoms with Crippen molar-refractivity contribution in [1.29, 1.82) is 0 Å². The zero-order valence-corrected chi connectivity index (χ0v) is 15.6. The molecule has 7 nitrogen and oxygen atoms in total. The molecule has 28 heavy (non-hydrogen) atoms. The van der Waals surface area contributed by atoms with Gasteiger partial charge in [-0.05, 0) is 43.3 Å². The molecular weight excluding hydrogens is 376 g/mol. The molecule has 0 bridgehead atoms. The average Bonchev–Trinajstić information content (AvgIpc) is 3.38. The number of anilines is 1. The molecule has 8 heteroatoms. The third kappa shape index (κ3) is 3.45. The van der Waals surface area contributed by atoms with Gasteiger partial charge in [0.2, 0.25) is 5.78 Å². The number of ketones is 1. The highest BCUT2D eigenvalue weighted by Gasteiger charge is 2.24. The molecule has 0 radical (unpaired) electrons. The van der Waals surface area contributed by atoms with E-state index in [9.17, 15) is 9.59 Å². The maximum absolute atomic E-state index is 12.9. The summed E-state index contributed by atoms with van der Waals surface area (Å²) >= 11 is 1.08. The molecule has 0 saturated carbocycles. The van der Waals surface area contributed by atoms with Gasteiger partial charge in [-0.25, -0.2) is 4.98 Å². The number of pyridine rings is 2. The number of rotatable bonds is 5. The van der Waals surface area contributed by atoms with E-state index < -0.39 is 0 Å². The van der Waals surface area contributed by atoms with Crippen LogP contribution in [0.5, 0.6) is 0 Å². The fourth-order valence-electron chi connectivity index (χ4n) is 2.61. The predicted molar refractivity (Wildman–Crippen MR) is 104 cm³/mol. The lowest BCUT2D eigenvalue weighted by Crippen LogP contribution is -2.13. The Kier molecular flexibility index (Phi) is 4.77. The molecule has 4 rings (SSSR count). The van der Waals surface area contributed by atoms with E-state index in [4.69, 9.17) is 4.42 Å². The second-order valence-corrected chi connectivity index (χ2v) is 6.81. The zero-order valence-electron chi connectivity index (χ0n) is 14.7. The normalized spacial score (nSPS) is 10.6. The van der Waals surface area contributed by atoms with E-state index in [1.807, 2.05) is 0 Å². The molecule has 0 spiro atoms. The van der Waals surface area contributed by atoms with Crippen LogP contribution < -0.4 is 5.32 Å². The fourth-order valence-corrected chi connectivity index (χ4v) is 3.52. The third-order valence-corrected chi connectivity index (χ3v) is 4.93. The minimum Gasteiger partial charge on any atom is -0.463 e. The number of nitrogens with zero attached hydrogens (tertiary/aromatic N) is 3. The number of aromatic nitrogens is 3. The summed E-state index contributed by atoms with van der Waals surface area (Å²) in [4.78, 5) is 38.5. The molecule has 0 atom stereocenters. The maximum atomic E-state index is 12.9. The van der Waals surface area contributed by atoms with Gasteiger partial charge in [0.05, 0.1) is 11.8 Å². The van der Waals surface area contributed by atoms with Gasteiger partial charge in [-0.2, -0.15) is 0 Å². The lowest BCUT2D eigenvalue weighted by molar-refractivity contribution is 0.102. The molecule has 0 aromatic carbocycles. The van der Waals surface area contributed by atoms with Gasteiger partial charge < -0.3 is 4.42 Å². The van der Waals surface area contributed by atoms with Crippen molar-refractivity contribution in [2.75, 3.05) is 5.32 Å². The van der Waals surface area contributed by atoms with E-state index in [0.717, 1.165) is 11.3 Å². The number of aryl methyl sites for hydroxylation is 1. The summed E-state index contributed by atoms with van der Waals surface area (Å²) in [5.41, 5.74) is 1.70. The van der Waals surface area contributed by atoms with Gasteiger partial charge in [-0.15, -0.1) is 0 Å². The van der Waals surface area contributed by atoms with E-state index in [-0.39, 0.29) is 11.7 Å². The Morgan fingerprint density at radius 3 is 2.61 bits per heavy atom. The van der Waals surface area contributed by atoms with Gasteiger partial charge in [0.25, 0.3) is 5.91 Å². The first-order chi connectivity index (χ1) is 13.6. The van der Waals surface area contributed by atoms with Crippen LogP contribution in [0, 0.1) is 6.92 Å². The number of nitrogens with one attached hydrogen (secondary N) is 1. The first-order valence-corrected chi connectivity index (χ1v) is 9.18. The minimum absolute atomic E-state index is 0.289. The molecule has 0 saturated heterocycles. The quantitative estimate of drug-likeness (QED) is 0.518. The molecule has 4 aromatic heterocycles. The lowest BCUT2D eigenvalue weighted by atomic mass is 10.1. The summed E-state index contributed by atoms with van der Waals surface area (Å²) < 4.78 is 5.42. The molecule has 0 aliphatic carbocycles. The van der Waals surface area contributed by atoms with Crippen molar-refractivity contribution < 1.29 is 14.0 Å². The van der Waals surface area contributed by atoms with Crippen LogP contribution in [0.2, 0.25) is 0 Å². The standard InChI is InChI=1S/C20H14N4O3S/c1-12-13(6-4-10-21-12)19(26)24-20-23-16(15-8-5-11-27-15)18(28-20)17(25)14-7-2-3-9-22-14/h2-11H,1H3,(H,23,24,26). The van der Waals surface area contributed by atoms with E-state index in [1.54, 1.807) is 61.8 Å². The van der Waals surface area contributed by atoms with E-state index in [2.05, 4.69) is 20.3 Å². The maximum Gasteiger partial charge on any atom is 0.259 e. The van der Waals surface area contributed by atoms with Gasteiger partial charge in [-0.3, -0.25) is 24.9 Å². The van der Waals surface area contributed by atoms with Gasteiger partial charge >= 0.3 is 0 Å². The lowest BCUT2D eigenvalue weighted by Gasteiger charge is -2.03. The number of thiazole rings is 1. The van der Waals surface area contributed by atoms with E-state index >= 15 is 0 Å². The van der Waals surface area contributed by atoms with Crippen LogP contribution in [0.4, 0.5) is 5.13 Å². The Labute approximate surface area is 164 Å². The first kappa shape index (κ1) is 17.7. The van der Waals surface area contributed by atoms with Crippen LogP contribution in [0.25, 0.3) is 11.5 Å². The Balaban J connectivity index is 1.71. The molecule has 1 amide bonds. The molecule has 0 aliphatic rings. The third-order valence-electron chi connectivity index (χ3n) is 3.96. The second kappa shape index (κ2) is 7.53. The summed E-state index contributed by atoms with van der Waals surface area (Å²) in [5, 5.41) is 3.03. The van der Waals surface area contributed by atoms with Crippen molar-refractivity contribution in [2.24, 2.45) is 0 Å². The fraction of sp³-hybridized carbons (Fsp3) is 0.0500. The van der Waals surface area contributed by atoms with Crippen LogP contribution in [-0.2, 0) is 0 Å². The smallest absolute Gasteiger partial charge is 0.259 e. The largest absolute Gasteiger partial charge is 0.463 e. The van der Waals surface area contributed by atoms with Crippen molar-refractivity contribution in [3.8, 4) is 11.5 Å². The molecule has 0 fully saturated rings. The van der Waals surface area contributed by atoms with E-state index in [1.165, 1.54) is 6.26 Å². The Morgan fingerprint density at radius 1 is 1.04 bits per heavy atom. The van der Waals surface area contributed by atoms with Crippen molar-refractivity contribution >= 4 is 28.2 Å². The van der Waals surface area contributed by atoms with Crippen LogP contribution in [0.15, 0.2) is 65.5 Å². The summed E-state index contributed by atoms with van der Waals surface area (Å²) in [5.74, 6) is -0.196.